The molecule has 18 heavy (non-hydrogen) atoms. The number of alkyl halides is 3. The monoisotopic (exact) mass is 259 g/mol. The highest BCUT2D eigenvalue weighted by Crippen LogP contribution is 2.32. The Morgan fingerprint density at radius 3 is 2.39 bits per heavy atom. The topological polar surface area (TPSA) is 29.1 Å². The Balaban J connectivity index is 2.78. The maximum absolute atomic E-state index is 12.9. The van der Waals surface area contributed by atoms with E-state index in [1.54, 1.807) is 6.07 Å². The number of hydrogen-bond donors (Lipinski definition) is 1. The van der Waals surface area contributed by atoms with E-state index in [1.807, 2.05) is 12.2 Å². The molecule has 0 aliphatic carbocycles. The van der Waals surface area contributed by atoms with Crippen molar-refractivity contribution in [1.82, 2.24) is 5.32 Å². The molecule has 0 saturated heterocycles. The van der Waals surface area contributed by atoms with Crippen molar-refractivity contribution in [1.29, 1.82) is 0 Å². The van der Waals surface area contributed by atoms with Crippen LogP contribution in [0, 0.1) is 0 Å². The second-order valence-electron chi connectivity index (χ2n) is 4.06. The zero-order chi connectivity index (χ0) is 13.6. The fourth-order valence-corrected chi connectivity index (χ4v) is 1.57. The minimum absolute atomic E-state index is 0.0508. The van der Waals surface area contributed by atoms with Crippen LogP contribution in [0.3, 0.4) is 0 Å². The molecule has 1 N–H and O–H groups in total. The van der Waals surface area contributed by atoms with E-state index in [0.29, 0.717) is 6.42 Å². The first-order valence-corrected chi connectivity index (χ1v) is 5.86. The second kappa shape index (κ2) is 6.42. The van der Waals surface area contributed by atoms with Crippen molar-refractivity contribution in [3.8, 4) is 0 Å². The van der Waals surface area contributed by atoms with Gasteiger partial charge in [0.05, 0.1) is 0 Å². The van der Waals surface area contributed by atoms with Gasteiger partial charge in [0.25, 0.3) is 0 Å². The van der Waals surface area contributed by atoms with E-state index < -0.39 is 18.1 Å². The molecule has 100 valence electrons. The summed E-state index contributed by atoms with van der Waals surface area (Å²) in [5.74, 6) is -0.567. The molecule has 0 fully saturated rings. The van der Waals surface area contributed by atoms with E-state index >= 15 is 0 Å². The molecule has 0 spiro atoms. The maximum atomic E-state index is 12.9. The van der Waals surface area contributed by atoms with Crippen LogP contribution in [0.2, 0.25) is 0 Å². The lowest BCUT2D eigenvalue weighted by Crippen LogP contribution is -2.38. The second-order valence-corrected chi connectivity index (χ2v) is 4.06. The number of carbonyl (C=O) groups is 1. The van der Waals surface area contributed by atoms with Crippen molar-refractivity contribution in [3.63, 3.8) is 0 Å². The summed E-state index contributed by atoms with van der Waals surface area (Å²) in [5, 5.41) is 2.04. The lowest BCUT2D eigenvalue weighted by molar-refractivity contribution is -0.163. The van der Waals surface area contributed by atoms with Gasteiger partial charge < -0.3 is 5.32 Å². The quantitative estimate of drug-likeness (QED) is 0.860. The summed E-state index contributed by atoms with van der Waals surface area (Å²) in [6.45, 7) is 1.88. The highest BCUT2D eigenvalue weighted by atomic mass is 19.4. The summed E-state index contributed by atoms with van der Waals surface area (Å²) >= 11 is 0. The predicted octanol–water partition coefficient (Wildman–Crippen LogP) is 3.60. The highest BCUT2D eigenvalue weighted by molar-refractivity contribution is 5.76. The summed E-state index contributed by atoms with van der Waals surface area (Å²) in [4.78, 5) is 11.4. The van der Waals surface area contributed by atoms with Crippen LogP contribution in [0.5, 0.6) is 0 Å². The van der Waals surface area contributed by atoms with Crippen LogP contribution in [0.15, 0.2) is 30.3 Å². The number of unbranched alkanes of at least 4 members (excludes halogenated alkanes) is 1. The Hall–Kier alpha value is -1.52. The van der Waals surface area contributed by atoms with E-state index in [4.69, 9.17) is 0 Å². The molecular formula is C13H16F3NO. The third kappa shape index (κ3) is 4.39. The van der Waals surface area contributed by atoms with E-state index in [2.05, 4.69) is 0 Å². The fourth-order valence-electron chi connectivity index (χ4n) is 1.57. The van der Waals surface area contributed by atoms with Gasteiger partial charge in [-0.15, -0.1) is 0 Å². The van der Waals surface area contributed by atoms with Crippen molar-refractivity contribution < 1.29 is 18.0 Å². The number of benzene rings is 1. The van der Waals surface area contributed by atoms with Crippen LogP contribution >= 0.6 is 0 Å². The van der Waals surface area contributed by atoms with E-state index in [1.165, 1.54) is 24.3 Å². The van der Waals surface area contributed by atoms with Crippen LogP contribution in [-0.2, 0) is 4.79 Å². The summed E-state index contributed by atoms with van der Waals surface area (Å²) in [6, 6.07) is 5.47. The van der Waals surface area contributed by atoms with E-state index in [-0.39, 0.29) is 12.0 Å². The molecule has 1 aromatic rings. The molecule has 0 heterocycles. The number of amides is 1. The molecule has 5 heteroatoms. The Labute approximate surface area is 104 Å². The molecule has 1 amide bonds. The zero-order valence-electron chi connectivity index (χ0n) is 10.1. The average molecular weight is 259 g/mol. The smallest absolute Gasteiger partial charge is 0.341 e. The van der Waals surface area contributed by atoms with Crippen molar-refractivity contribution in [2.45, 2.75) is 38.4 Å². The van der Waals surface area contributed by atoms with Crippen LogP contribution in [-0.4, -0.2) is 12.1 Å². The van der Waals surface area contributed by atoms with Gasteiger partial charge in [-0.1, -0.05) is 43.7 Å². The standard InChI is InChI=1S/C13H16F3NO/c1-2-3-9-11(18)17-12(13(14,15)16)10-7-5-4-6-8-10/h4-8,12H,2-3,9H2,1H3,(H,17,18). The first-order chi connectivity index (χ1) is 8.45. The molecule has 1 unspecified atom stereocenters. The van der Waals surface area contributed by atoms with Crippen molar-refractivity contribution in [3.05, 3.63) is 35.9 Å². The Bertz CT molecular complexity index is 376. The number of rotatable bonds is 5. The minimum atomic E-state index is -4.48. The lowest BCUT2D eigenvalue weighted by atomic mass is 10.1. The molecule has 2 nitrogen and oxygen atoms in total. The number of carbonyl (C=O) groups excluding carboxylic acids is 1. The molecule has 0 radical (unpaired) electrons. The van der Waals surface area contributed by atoms with Crippen molar-refractivity contribution in [2.75, 3.05) is 0 Å². The minimum Gasteiger partial charge on any atom is -0.341 e. The zero-order valence-corrected chi connectivity index (χ0v) is 10.1. The molecule has 1 aromatic carbocycles. The van der Waals surface area contributed by atoms with Gasteiger partial charge in [0, 0.05) is 6.42 Å². The van der Waals surface area contributed by atoms with Gasteiger partial charge in [-0.3, -0.25) is 4.79 Å². The molecule has 0 saturated carbocycles. The van der Waals surface area contributed by atoms with Crippen LogP contribution in [0.1, 0.15) is 37.8 Å². The summed E-state index contributed by atoms with van der Waals surface area (Å²) in [6.07, 6.45) is -3.00. The summed E-state index contributed by atoms with van der Waals surface area (Å²) in [7, 11) is 0. The summed E-state index contributed by atoms with van der Waals surface area (Å²) in [5.41, 5.74) is 0.0508. The Morgan fingerprint density at radius 2 is 1.89 bits per heavy atom. The summed E-state index contributed by atoms with van der Waals surface area (Å²) < 4.78 is 38.6. The fraction of sp³-hybridized carbons (Fsp3) is 0.462. The van der Waals surface area contributed by atoms with Gasteiger partial charge in [-0.2, -0.15) is 13.2 Å². The Kier molecular flexibility index (Phi) is 5.19. The van der Waals surface area contributed by atoms with Gasteiger partial charge >= 0.3 is 6.18 Å². The van der Waals surface area contributed by atoms with Gasteiger partial charge in [-0.05, 0) is 12.0 Å². The number of nitrogens with one attached hydrogen (secondary N) is 1. The molecular weight excluding hydrogens is 243 g/mol. The van der Waals surface area contributed by atoms with Crippen LogP contribution < -0.4 is 5.32 Å². The predicted molar refractivity (Wildman–Crippen MR) is 62.9 cm³/mol. The average Bonchev–Trinajstić information content (AvgIpc) is 2.33. The SMILES string of the molecule is CCCCC(=O)NC(c1ccccc1)C(F)(F)F. The normalized spacial score (nSPS) is 13.1. The maximum Gasteiger partial charge on any atom is 0.412 e. The third-order valence-corrected chi connectivity index (χ3v) is 2.52. The third-order valence-electron chi connectivity index (χ3n) is 2.52. The van der Waals surface area contributed by atoms with Crippen LogP contribution in [0.25, 0.3) is 0 Å². The Morgan fingerprint density at radius 1 is 1.28 bits per heavy atom. The van der Waals surface area contributed by atoms with Gasteiger partial charge in [0.1, 0.15) is 0 Å². The van der Waals surface area contributed by atoms with E-state index in [0.717, 1.165) is 6.42 Å². The molecule has 0 aliphatic rings. The molecule has 0 aromatic heterocycles. The lowest BCUT2D eigenvalue weighted by Gasteiger charge is -2.22. The van der Waals surface area contributed by atoms with Gasteiger partial charge in [0.2, 0.25) is 5.91 Å². The van der Waals surface area contributed by atoms with Crippen molar-refractivity contribution in [2.24, 2.45) is 0 Å². The molecule has 0 bridgehead atoms. The van der Waals surface area contributed by atoms with Gasteiger partial charge in [0.15, 0.2) is 6.04 Å². The van der Waals surface area contributed by atoms with Gasteiger partial charge in [-0.25, -0.2) is 0 Å². The molecule has 1 rings (SSSR count). The highest BCUT2D eigenvalue weighted by Gasteiger charge is 2.41. The molecule has 0 aliphatic heterocycles. The number of halogens is 3. The number of hydrogen-bond acceptors (Lipinski definition) is 1. The first-order valence-electron chi connectivity index (χ1n) is 5.86. The van der Waals surface area contributed by atoms with Crippen LogP contribution in [0.4, 0.5) is 13.2 Å². The van der Waals surface area contributed by atoms with E-state index in [9.17, 15) is 18.0 Å². The molecule has 1 atom stereocenters. The van der Waals surface area contributed by atoms with Crippen molar-refractivity contribution >= 4 is 5.91 Å². The first kappa shape index (κ1) is 14.5. The largest absolute Gasteiger partial charge is 0.412 e.